The molecule has 1 amide bonds. The predicted molar refractivity (Wildman–Crippen MR) is 71.5 cm³/mol. The highest BCUT2D eigenvalue weighted by Gasteiger charge is 2.13. The Balaban J connectivity index is 2.11. The molecule has 106 valence electrons. The monoisotopic (exact) mass is 307 g/mol. The standard InChI is InChI=1S/C14H8ClF2N3O/c15-13-11(4-10(16)7-19-13)14(21)20-6-9-2-1-8(5-18)3-12(9)17/h1-4,7H,6H2,(H,20,21). The first-order valence-electron chi connectivity index (χ1n) is 5.79. The molecular formula is C14H8ClF2N3O. The van der Waals surface area contributed by atoms with Gasteiger partial charge in [-0.3, -0.25) is 4.79 Å². The number of hydrogen-bond donors (Lipinski definition) is 1. The minimum atomic E-state index is -0.700. The summed E-state index contributed by atoms with van der Waals surface area (Å²) in [5.74, 6) is -1.98. The van der Waals surface area contributed by atoms with Crippen molar-refractivity contribution in [2.45, 2.75) is 6.54 Å². The maximum Gasteiger partial charge on any atom is 0.254 e. The molecule has 0 fully saturated rings. The molecule has 1 heterocycles. The molecule has 0 aliphatic carbocycles. The summed E-state index contributed by atoms with van der Waals surface area (Å²) in [5.41, 5.74) is 0.244. The zero-order chi connectivity index (χ0) is 15.4. The SMILES string of the molecule is N#Cc1ccc(CNC(=O)c2cc(F)cnc2Cl)c(F)c1. The average Bonchev–Trinajstić information content (AvgIpc) is 2.48. The Bertz CT molecular complexity index is 743. The van der Waals surface area contributed by atoms with E-state index in [1.54, 1.807) is 6.07 Å². The second-order valence-electron chi connectivity index (χ2n) is 4.09. The van der Waals surface area contributed by atoms with Crippen LogP contribution in [0.15, 0.2) is 30.5 Å². The molecule has 21 heavy (non-hydrogen) atoms. The van der Waals surface area contributed by atoms with Gasteiger partial charge in [0, 0.05) is 12.1 Å². The lowest BCUT2D eigenvalue weighted by molar-refractivity contribution is 0.0950. The predicted octanol–water partition coefficient (Wildman–Crippen LogP) is 2.81. The van der Waals surface area contributed by atoms with Gasteiger partial charge in [0.15, 0.2) is 0 Å². The summed E-state index contributed by atoms with van der Waals surface area (Å²) < 4.78 is 26.7. The van der Waals surface area contributed by atoms with Gasteiger partial charge in [0.2, 0.25) is 0 Å². The third-order valence-electron chi connectivity index (χ3n) is 2.67. The highest BCUT2D eigenvalue weighted by Crippen LogP contribution is 2.14. The van der Waals surface area contributed by atoms with E-state index >= 15 is 0 Å². The van der Waals surface area contributed by atoms with E-state index in [0.717, 1.165) is 18.3 Å². The number of nitriles is 1. The largest absolute Gasteiger partial charge is 0.348 e. The minimum absolute atomic E-state index is 0.122. The van der Waals surface area contributed by atoms with Gasteiger partial charge in [0.25, 0.3) is 5.91 Å². The second-order valence-corrected chi connectivity index (χ2v) is 4.45. The first kappa shape index (κ1) is 14.9. The molecule has 0 unspecified atom stereocenters. The minimum Gasteiger partial charge on any atom is -0.348 e. The summed E-state index contributed by atoms with van der Waals surface area (Å²) in [6.45, 7) is -0.122. The smallest absolute Gasteiger partial charge is 0.254 e. The third-order valence-corrected chi connectivity index (χ3v) is 2.97. The Hall–Kier alpha value is -2.52. The van der Waals surface area contributed by atoms with E-state index in [9.17, 15) is 13.6 Å². The molecule has 0 atom stereocenters. The number of carbonyl (C=O) groups is 1. The highest BCUT2D eigenvalue weighted by atomic mass is 35.5. The number of benzene rings is 1. The van der Waals surface area contributed by atoms with Crippen molar-refractivity contribution < 1.29 is 13.6 Å². The van der Waals surface area contributed by atoms with Gasteiger partial charge >= 0.3 is 0 Å². The number of amides is 1. The summed E-state index contributed by atoms with van der Waals surface area (Å²) in [5, 5.41) is 10.9. The van der Waals surface area contributed by atoms with Gasteiger partial charge in [-0.05, 0) is 18.2 Å². The van der Waals surface area contributed by atoms with Gasteiger partial charge < -0.3 is 5.32 Å². The van der Waals surface area contributed by atoms with Gasteiger partial charge in [-0.1, -0.05) is 17.7 Å². The van der Waals surface area contributed by atoms with Crippen LogP contribution in [0.25, 0.3) is 0 Å². The molecule has 0 radical (unpaired) electrons. The summed E-state index contributed by atoms with van der Waals surface area (Å²) in [7, 11) is 0. The Morgan fingerprint density at radius 2 is 2.14 bits per heavy atom. The van der Waals surface area contributed by atoms with Crippen LogP contribution in [0.4, 0.5) is 8.78 Å². The van der Waals surface area contributed by atoms with Crippen LogP contribution < -0.4 is 5.32 Å². The van der Waals surface area contributed by atoms with E-state index in [2.05, 4.69) is 10.3 Å². The fourth-order valence-electron chi connectivity index (χ4n) is 1.61. The molecule has 4 nitrogen and oxygen atoms in total. The lowest BCUT2D eigenvalue weighted by atomic mass is 10.1. The average molecular weight is 308 g/mol. The summed E-state index contributed by atoms with van der Waals surface area (Å²) in [6.07, 6.45) is 0.888. The van der Waals surface area contributed by atoms with Crippen molar-refractivity contribution in [3.05, 3.63) is 63.9 Å². The van der Waals surface area contributed by atoms with Crippen LogP contribution in [0, 0.1) is 23.0 Å². The second kappa shape index (κ2) is 6.29. The van der Waals surface area contributed by atoms with Crippen molar-refractivity contribution in [3.63, 3.8) is 0 Å². The Labute approximate surface area is 124 Å². The zero-order valence-electron chi connectivity index (χ0n) is 10.5. The molecule has 0 saturated heterocycles. The first-order chi connectivity index (χ1) is 10.0. The molecule has 1 N–H and O–H groups in total. The van der Waals surface area contributed by atoms with Crippen LogP contribution >= 0.6 is 11.6 Å². The Morgan fingerprint density at radius 1 is 1.38 bits per heavy atom. The maximum atomic E-state index is 13.6. The Morgan fingerprint density at radius 3 is 2.81 bits per heavy atom. The van der Waals surface area contributed by atoms with E-state index < -0.39 is 17.5 Å². The number of hydrogen-bond acceptors (Lipinski definition) is 3. The molecule has 0 aliphatic heterocycles. The third kappa shape index (κ3) is 3.52. The highest BCUT2D eigenvalue weighted by molar-refractivity contribution is 6.32. The van der Waals surface area contributed by atoms with Crippen molar-refractivity contribution in [2.75, 3.05) is 0 Å². The molecule has 2 rings (SSSR count). The van der Waals surface area contributed by atoms with Crippen molar-refractivity contribution in [2.24, 2.45) is 0 Å². The molecule has 0 aliphatic rings. The number of pyridine rings is 1. The number of nitrogens with one attached hydrogen (secondary N) is 1. The summed E-state index contributed by atoms with van der Waals surface area (Å²) in [6, 6.07) is 6.64. The molecule has 1 aromatic heterocycles. The fraction of sp³-hybridized carbons (Fsp3) is 0.0714. The van der Waals surface area contributed by atoms with E-state index in [1.165, 1.54) is 12.1 Å². The van der Waals surface area contributed by atoms with Gasteiger partial charge in [-0.25, -0.2) is 13.8 Å². The lowest BCUT2D eigenvalue weighted by Crippen LogP contribution is -2.24. The molecule has 1 aromatic carbocycles. The van der Waals surface area contributed by atoms with Gasteiger partial charge in [0.05, 0.1) is 23.4 Å². The van der Waals surface area contributed by atoms with Crippen molar-refractivity contribution in [1.29, 1.82) is 5.26 Å². The molecule has 7 heteroatoms. The number of nitrogens with zero attached hydrogens (tertiary/aromatic N) is 2. The normalized spacial score (nSPS) is 10.0. The Kier molecular flexibility index (Phi) is 4.45. The van der Waals surface area contributed by atoms with Crippen molar-refractivity contribution in [3.8, 4) is 6.07 Å². The van der Waals surface area contributed by atoms with Gasteiger partial charge in [0.1, 0.15) is 16.8 Å². The molecule has 2 aromatic rings. The quantitative estimate of drug-likeness (QED) is 0.887. The molecule has 0 saturated carbocycles. The topological polar surface area (TPSA) is 65.8 Å². The fourth-order valence-corrected chi connectivity index (χ4v) is 1.80. The van der Waals surface area contributed by atoms with Crippen LogP contribution in [0.3, 0.4) is 0 Å². The van der Waals surface area contributed by atoms with E-state index in [4.69, 9.17) is 16.9 Å². The maximum absolute atomic E-state index is 13.6. The van der Waals surface area contributed by atoms with Crippen molar-refractivity contribution in [1.82, 2.24) is 10.3 Å². The number of rotatable bonds is 3. The van der Waals surface area contributed by atoms with Crippen LogP contribution in [-0.2, 0) is 6.54 Å². The van der Waals surface area contributed by atoms with Gasteiger partial charge in [-0.2, -0.15) is 5.26 Å². The number of aromatic nitrogens is 1. The van der Waals surface area contributed by atoms with Crippen molar-refractivity contribution >= 4 is 17.5 Å². The van der Waals surface area contributed by atoms with Crippen LogP contribution in [0.1, 0.15) is 21.5 Å². The molecular weight excluding hydrogens is 300 g/mol. The zero-order valence-corrected chi connectivity index (χ0v) is 11.3. The van der Waals surface area contributed by atoms with Crippen LogP contribution in [0.2, 0.25) is 5.15 Å². The number of halogens is 3. The van der Waals surface area contributed by atoms with Crippen LogP contribution in [0.5, 0.6) is 0 Å². The lowest BCUT2D eigenvalue weighted by Gasteiger charge is -2.07. The number of carbonyl (C=O) groups excluding carboxylic acids is 1. The molecule has 0 spiro atoms. The van der Waals surface area contributed by atoms with Crippen LogP contribution in [-0.4, -0.2) is 10.9 Å². The summed E-state index contributed by atoms with van der Waals surface area (Å²) >= 11 is 5.69. The summed E-state index contributed by atoms with van der Waals surface area (Å²) in [4.78, 5) is 15.4. The first-order valence-corrected chi connectivity index (χ1v) is 6.17. The van der Waals surface area contributed by atoms with Gasteiger partial charge in [-0.15, -0.1) is 0 Å². The molecule has 0 bridgehead atoms. The van der Waals surface area contributed by atoms with E-state index in [1.807, 2.05) is 0 Å². The van der Waals surface area contributed by atoms with E-state index in [-0.39, 0.29) is 28.4 Å². The van der Waals surface area contributed by atoms with E-state index in [0.29, 0.717) is 0 Å².